The Morgan fingerprint density at radius 1 is 1.03 bits per heavy atom. The lowest BCUT2D eigenvalue weighted by Gasteiger charge is -2.14. The van der Waals surface area contributed by atoms with Crippen LogP contribution in [0.1, 0.15) is 16.1 Å². The quantitative estimate of drug-likeness (QED) is 0.599. The molecule has 2 amide bonds. The van der Waals surface area contributed by atoms with Crippen LogP contribution in [0.2, 0.25) is 0 Å². The van der Waals surface area contributed by atoms with Crippen molar-refractivity contribution in [1.82, 2.24) is 9.55 Å². The van der Waals surface area contributed by atoms with Crippen LogP contribution in [0.5, 0.6) is 0 Å². The molecule has 3 aromatic rings. The first-order valence-corrected chi connectivity index (χ1v) is 8.64. The monoisotopic (exact) mass is 434 g/mol. The topological polar surface area (TPSA) is 121 Å². The van der Waals surface area contributed by atoms with Gasteiger partial charge in [-0.15, -0.1) is 0 Å². The molecule has 0 aliphatic rings. The molecule has 2 aromatic carbocycles. The van der Waals surface area contributed by atoms with E-state index in [-0.39, 0.29) is 22.5 Å². The van der Waals surface area contributed by atoms with Crippen molar-refractivity contribution < 1.29 is 27.2 Å². The van der Waals surface area contributed by atoms with Crippen molar-refractivity contribution >= 4 is 11.8 Å². The highest BCUT2D eigenvalue weighted by Crippen LogP contribution is 2.38. The normalized spacial score (nSPS) is 11.4. The van der Waals surface area contributed by atoms with Gasteiger partial charge in [0.2, 0.25) is 5.91 Å². The number of amides is 2. The number of halogens is 4. The van der Waals surface area contributed by atoms with Crippen LogP contribution >= 0.6 is 0 Å². The number of aromatic nitrogens is 2. The Kier molecular flexibility index (Phi) is 5.60. The number of carbonyl (C=O) groups excluding carboxylic acids is 2. The molecule has 1 aromatic heterocycles. The fourth-order valence-electron chi connectivity index (χ4n) is 2.97. The number of nitrogens with two attached hydrogens (primary N) is 2. The molecular weight excluding hydrogens is 420 g/mol. The van der Waals surface area contributed by atoms with Crippen LogP contribution in [0.25, 0.3) is 22.4 Å². The van der Waals surface area contributed by atoms with Crippen LogP contribution < -0.4 is 17.0 Å². The van der Waals surface area contributed by atoms with E-state index in [0.717, 1.165) is 16.8 Å². The summed E-state index contributed by atoms with van der Waals surface area (Å²) in [6, 6.07) is 7.21. The zero-order chi connectivity index (χ0) is 22.9. The number of benzene rings is 2. The number of rotatable bonds is 5. The molecule has 160 valence electrons. The second kappa shape index (κ2) is 8.01. The van der Waals surface area contributed by atoms with E-state index in [0.29, 0.717) is 12.1 Å². The van der Waals surface area contributed by atoms with Gasteiger partial charge < -0.3 is 16.0 Å². The Bertz CT molecular complexity index is 1250. The van der Waals surface area contributed by atoms with Gasteiger partial charge in [0.25, 0.3) is 11.5 Å². The smallest absolute Gasteiger partial charge is 0.368 e. The van der Waals surface area contributed by atoms with Gasteiger partial charge in [-0.3, -0.25) is 14.4 Å². The maximum atomic E-state index is 13.7. The van der Waals surface area contributed by atoms with Crippen LogP contribution in [0.4, 0.5) is 17.6 Å². The highest BCUT2D eigenvalue weighted by Gasteiger charge is 2.34. The summed E-state index contributed by atoms with van der Waals surface area (Å²) >= 11 is 0. The molecule has 0 saturated heterocycles. The molecule has 7 nitrogen and oxygen atoms in total. The fraction of sp³-hybridized carbons (Fsp3) is 0.100. The second-order valence-electron chi connectivity index (χ2n) is 6.51. The number of carbonyl (C=O) groups is 2. The summed E-state index contributed by atoms with van der Waals surface area (Å²) in [6.07, 6.45) is -3.80. The third-order valence-electron chi connectivity index (χ3n) is 4.29. The fourth-order valence-corrected chi connectivity index (χ4v) is 2.97. The standard InChI is InChI=1S/C20H14F4N4O3/c21-12-4-5-14(20(22,23)24)13(7-12)10-2-1-3-11(6-10)17-19(31)28(9-16(25)29)8-15(27-17)18(26)30/h1-8H,9H2,(H2,25,29)(H2,26,30). The van der Waals surface area contributed by atoms with E-state index < -0.39 is 47.0 Å². The van der Waals surface area contributed by atoms with Gasteiger partial charge >= 0.3 is 6.18 Å². The van der Waals surface area contributed by atoms with Gasteiger partial charge in [-0.2, -0.15) is 13.2 Å². The third kappa shape index (κ3) is 4.60. The van der Waals surface area contributed by atoms with Gasteiger partial charge in [0.15, 0.2) is 0 Å². The molecule has 0 radical (unpaired) electrons. The SMILES string of the molecule is NC(=O)Cn1cc(C(N)=O)nc(-c2cccc(-c3cc(F)ccc3C(F)(F)F)c2)c1=O. The van der Waals surface area contributed by atoms with E-state index in [1.54, 1.807) is 0 Å². The van der Waals surface area contributed by atoms with E-state index in [4.69, 9.17) is 11.5 Å². The maximum absolute atomic E-state index is 13.7. The van der Waals surface area contributed by atoms with Gasteiger partial charge in [0.1, 0.15) is 23.7 Å². The highest BCUT2D eigenvalue weighted by atomic mass is 19.4. The second-order valence-corrected chi connectivity index (χ2v) is 6.51. The minimum absolute atomic E-state index is 0.0289. The summed E-state index contributed by atoms with van der Waals surface area (Å²) in [5, 5.41) is 0. The van der Waals surface area contributed by atoms with Gasteiger partial charge in [-0.1, -0.05) is 18.2 Å². The molecule has 31 heavy (non-hydrogen) atoms. The summed E-state index contributed by atoms with van der Waals surface area (Å²) in [7, 11) is 0. The van der Waals surface area contributed by atoms with Gasteiger partial charge in [0.05, 0.1) is 5.56 Å². The Balaban J connectivity index is 2.23. The lowest BCUT2D eigenvalue weighted by Crippen LogP contribution is -2.31. The number of alkyl halides is 3. The minimum atomic E-state index is -4.75. The first-order chi connectivity index (χ1) is 14.5. The van der Waals surface area contributed by atoms with Crippen molar-refractivity contribution in [2.24, 2.45) is 11.5 Å². The molecule has 0 saturated carbocycles. The molecule has 0 bridgehead atoms. The highest BCUT2D eigenvalue weighted by molar-refractivity contribution is 5.91. The summed E-state index contributed by atoms with van der Waals surface area (Å²) in [6.45, 7) is -0.573. The molecule has 0 atom stereocenters. The first kappa shape index (κ1) is 21.7. The average molecular weight is 434 g/mol. The van der Waals surface area contributed by atoms with Crippen molar-refractivity contribution in [3.05, 3.63) is 76.1 Å². The predicted octanol–water partition coefficient (Wildman–Crippen LogP) is 2.32. The van der Waals surface area contributed by atoms with Crippen molar-refractivity contribution in [2.45, 2.75) is 12.7 Å². The molecule has 4 N–H and O–H groups in total. The van der Waals surface area contributed by atoms with Crippen LogP contribution in [0.15, 0.2) is 53.5 Å². The molecule has 11 heteroatoms. The van der Waals surface area contributed by atoms with Crippen molar-refractivity contribution in [3.63, 3.8) is 0 Å². The molecule has 0 unspecified atom stereocenters. The maximum Gasteiger partial charge on any atom is 0.417 e. The molecule has 0 spiro atoms. The molecule has 0 aliphatic heterocycles. The summed E-state index contributed by atoms with van der Waals surface area (Å²) in [5.41, 5.74) is 7.26. The number of hydrogen-bond donors (Lipinski definition) is 2. The largest absolute Gasteiger partial charge is 0.417 e. The molecule has 0 fully saturated rings. The minimum Gasteiger partial charge on any atom is -0.368 e. The average Bonchev–Trinajstić information content (AvgIpc) is 2.68. The van der Waals surface area contributed by atoms with E-state index >= 15 is 0 Å². The Hall–Kier alpha value is -4.02. The summed E-state index contributed by atoms with van der Waals surface area (Å²) in [4.78, 5) is 39.4. The Labute approximate surface area is 171 Å². The number of hydrogen-bond acceptors (Lipinski definition) is 4. The van der Waals surface area contributed by atoms with Crippen LogP contribution in [0, 0.1) is 5.82 Å². The van der Waals surface area contributed by atoms with Gasteiger partial charge in [-0.25, -0.2) is 9.37 Å². The van der Waals surface area contributed by atoms with Crippen LogP contribution in [-0.2, 0) is 17.5 Å². The molecular formula is C20H14F4N4O3. The number of primary amides is 2. The molecule has 0 aliphatic carbocycles. The van der Waals surface area contributed by atoms with E-state index in [1.807, 2.05) is 0 Å². The molecule has 1 heterocycles. The van der Waals surface area contributed by atoms with Gasteiger partial charge in [-0.05, 0) is 35.4 Å². The third-order valence-corrected chi connectivity index (χ3v) is 4.29. The van der Waals surface area contributed by atoms with Crippen LogP contribution in [-0.4, -0.2) is 21.4 Å². The summed E-state index contributed by atoms with van der Waals surface area (Å²) in [5.74, 6) is -2.76. The Morgan fingerprint density at radius 3 is 2.32 bits per heavy atom. The van der Waals surface area contributed by atoms with E-state index in [1.165, 1.54) is 24.3 Å². The Morgan fingerprint density at radius 2 is 1.71 bits per heavy atom. The zero-order valence-electron chi connectivity index (χ0n) is 15.6. The summed E-state index contributed by atoms with van der Waals surface area (Å²) < 4.78 is 54.7. The van der Waals surface area contributed by atoms with Crippen LogP contribution in [0.3, 0.4) is 0 Å². The first-order valence-electron chi connectivity index (χ1n) is 8.64. The number of nitrogens with zero attached hydrogens (tertiary/aromatic N) is 2. The zero-order valence-corrected chi connectivity index (χ0v) is 15.6. The van der Waals surface area contributed by atoms with E-state index in [9.17, 15) is 31.9 Å². The van der Waals surface area contributed by atoms with Crippen molar-refractivity contribution in [2.75, 3.05) is 0 Å². The van der Waals surface area contributed by atoms with Crippen molar-refractivity contribution in [1.29, 1.82) is 0 Å². The molecule has 3 rings (SSSR count). The predicted molar refractivity (Wildman–Crippen MR) is 102 cm³/mol. The lowest BCUT2D eigenvalue weighted by atomic mass is 9.97. The van der Waals surface area contributed by atoms with Crippen molar-refractivity contribution in [3.8, 4) is 22.4 Å². The van der Waals surface area contributed by atoms with E-state index in [2.05, 4.69) is 4.98 Å². The van der Waals surface area contributed by atoms with Gasteiger partial charge in [0, 0.05) is 11.8 Å². The lowest BCUT2D eigenvalue weighted by molar-refractivity contribution is -0.137.